The van der Waals surface area contributed by atoms with Crippen LogP contribution < -0.4 is 10.9 Å². The summed E-state index contributed by atoms with van der Waals surface area (Å²) in [4.78, 5) is 24.3. The van der Waals surface area contributed by atoms with Crippen LogP contribution in [0.5, 0.6) is 0 Å². The van der Waals surface area contributed by atoms with E-state index in [1.807, 2.05) is 30.3 Å². The molecule has 0 aliphatic rings. The van der Waals surface area contributed by atoms with Gasteiger partial charge in [-0.3, -0.25) is 9.59 Å². The highest BCUT2D eigenvalue weighted by atomic mass is 16.5. The topological polar surface area (TPSA) is 73.2 Å². The Balaban J connectivity index is 2.16. The fourth-order valence-electron chi connectivity index (χ4n) is 2.44. The van der Waals surface area contributed by atoms with Crippen LogP contribution in [-0.4, -0.2) is 29.4 Å². The van der Waals surface area contributed by atoms with Crippen molar-refractivity contribution in [3.05, 3.63) is 64.1 Å². The van der Waals surface area contributed by atoms with Crippen LogP contribution in [0.2, 0.25) is 0 Å². The lowest BCUT2D eigenvalue weighted by Crippen LogP contribution is -2.32. The van der Waals surface area contributed by atoms with E-state index in [1.165, 1.54) is 16.8 Å². The molecule has 1 N–H and O–H groups in total. The molecule has 0 aliphatic heterocycles. The van der Waals surface area contributed by atoms with Crippen LogP contribution in [0, 0.1) is 0 Å². The first kappa shape index (κ1) is 17.9. The molecule has 0 saturated heterocycles. The maximum Gasteiger partial charge on any atom is 0.272 e. The van der Waals surface area contributed by atoms with Crippen LogP contribution in [0.15, 0.2) is 47.3 Å². The van der Waals surface area contributed by atoms with E-state index in [0.29, 0.717) is 13.2 Å². The molecule has 1 aromatic carbocycles. The molecule has 1 atom stereocenters. The van der Waals surface area contributed by atoms with Gasteiger partial charge >= 0.3 is 0 Å². The van der Waals surface area contributed by atoms with Crippen molar-refractivity contribution in [1.82, 2.24) is 15.1 Å². The van der Waals surface area contributed by atoms with Gasteiger partial charge in [0.1, 0.15) is 5.69 Å². The molecule has 1 amide bonds. The summed E-state index contributed by atoms with van der Waals surface area (Å²) < 4.78 is 6.20. The smallest absolute Gasteiger partial charge is 0.272 e. The number of benzene rings is 1. The second kappa shape index (κ2) is 8.98. The number of amides is 1. The second-order valence-corrected chi connectivity index (χ2v) is 5.50. The number of nitrogens with zero attached hydrogens (tertiary/aromatic N) is 2. The molecule has 1 aromatic heterocycles. The second-order valence-electron chi connectivity index (χ2n) is 5.50. The summed E-state index contributed by atoms with van der Waals surface area (Å²) in [5, 5.41) is 7.13. The molecule has 2 rings (SSSR count). The average molecular weight is 329 g/mol. The van der Waals surface area contributed by atoms with Gasteiger partial charge in [0.15, 0.2) is 0 Å². The minimum atomic E-state index is -0.288. The van der Waals surface area contributed by atoms with Crippen molar-refractivity contribution < 1.29 is 9.53 Å². The maximum absolute atomic E-state index is 12.5. The van der Waals surface area contributed by atoms with Gasteiger partial charge < -0.3 is 10.1 Å². The predicted molar refractivity (Wildman–Crippen MR) is 91.9 cm³/mol. The number of carbonyl (C=O) groups is 1. The van der Waals surface area contributed by atoms with Crippen LogP contribution in [0.1, 0.15) is 41.9 Å². The summed E-state index contributed by atoms with van der Waals surface area (Å²) >= 11 is 0. The van der Waals surface area contributed by atoms with Gasteiger partial charge in [-0.25, -0.2) is 4.68 Å². The lowest BCUT2D eigenvalue weighted by Gasteiger charge is -2.18. The van der Waals surface area contributed by atoms with E-state index in [1.54, 1.807) is 7.11 Å². The van der Waals surface area contributed by atoms with Crippen molar-refractivity contribution in [1.29, 1.82) is 0 Å². The lowest BCUT2D eigenvalue weighted by atomic mass is 10.0. The number of carbonyl (C=O) groups excluding carboxylic acids is 1. The van der Waals surface area contributed by atoms with Gasteiger partial charge in [0, 0.05) is 13.2 Å². The molecule has 0 radical (unpaired) electrons. The zero-order chi connectivity index (χ0) is 17.4. The maximum atomic E-state index is 12.5. The average Bonchev–Trinajstić information content (AvgIpc) is 2.61. The molecule has 0 bridgehead atoms. The first-order chi connectivity index (χ1) is 11.7. The highest BCUT2D eigenvalue weighted by Gasteiger charge is 2.16. The van der Waals surface area contributed by atoms with E-state index in [-0.39, 0.29) is 23.2 Å². The highest BCUT2D eigenvalue weighted by Crippen LogP contribution is 2.18. The third-order valence-electron chi connectivity index (χ3n) is 3.69. The fourth-order valence-corrected chi connectivity index (χ4v) is 2.44. The van der Waals surface area contributed by atoms with Gasteiger partial charge in [0.2, 0.25) is 0 Å². The van der Waals surface area contributed by atoms with Crippen LogP contribution in [0.25, 0.3) is 0 Å². The zero-order valence-corrected chi connectivity index (χ0v) is 14.1. The first-order valence-corrected chi connectivity index (χ1v) is 8.08. The molecular formula is C18H23N3O3. The molecule has 0 aliphatic carbocycles. The monoisotopic (exact) mass is 329 g/mol. The summed E-state index contributed by atoms with van der Waals surface area (Å²) in [6.07, 6.45) is 1.78. The van der Waals surface area contributed by atoms with E-state index < -0.39 is 0 Å². The largest absolute Gasteiger partial charge is 0.383 e. The summed E-state index contributed by atoms with van der Waals surface area (Å²) in [6, 6.07) is 12.6. The van der Waals surface area contributed by atoms with E-state index in [0.717, 1.165) is 18.4 Å². The van der Waals surface area contributed by atoms with Crippen LogP contribution in [-0.2, 0) is 11.3 Å². The molecule has 24 heavy (non-hydrogen) atoms. The minimum Gasteiger partial charge on any atom is -0.383 e. The zero-order valence-electron chi connectivity index (χ0n) is 14.1. The van der Waals surface area contributed by atoms with Gasteiger partial charge in [-0.1, -0.05) is 43.7 Å². The van der Waals surface area contributed by atoms with Gasteiger partial charge in [-0.15, -0.1) is 0 Å². The molecule has 1 heterocycles. The normalized spacial score (nSPS) is 11.9. The molecule has 6 heteroatoms. The minimum absolute atomic E-state index is 0.0788. The Morgan fingerprint density at radius 3 is 2.67 bits per heavy atom. The molecular weight excluding hydrogens is 306 g/mol. The van der Waals surface area contributed by atoms with Gasteiger partial charge in [-0.05, 0) is 18.1 Å². The first-order valence-electron chi connectivity index (χ1n) is 8.08. The van der Waals surface area contributed by atoms with Crippen LogP contribution >= 0.6 is 0 Å². The number of hydrogen-bond acceptors (Lipinski definition) is 4. The van der Waals surface area contributed by atoms with E-state index in [9.17, 15) is 9.59 Å². The third-order valence-corrected chi connectivity index (χ3v) is 3.69. The Hall–Kier alpha value is -2.47. The predicted octanol–water partition coefficient (Wildman–Crippen LogP) is 2.16. The van der Waals surface area contributed by atoms with Crippen molar-refractivity contribution >= 4 is 5.91 Å². The summed E-state index contributed by atoms with van der Waals surface area (Å²) in [5.74, 6) is -0.288. The van der Waals surface area contributed by atoms with E-state index in [4.69, 9.17) is 4.74 Å². The number of methoxy groups -OCH3 is 1. The van der Waals surface area contributed by atoms with Crippen molar-refractivity contribution in [2.24, 2.45) is 0 Å². The fraction of sp³-hybridized carbons (Fsp3) is 0.389. The van der Waals surface area contributed by atoms with E-state index in [2.05, 4.69) is 17.3 Å². The van der Waals surface area contributed by atoms with Crippen LogP contribution in [0.3, 0.4) is 0 Å². The number of nitrogens with one attached hydrogen (secondary N) is 1. The molecule has 0 spiro atoms. The van der Waals surface area contributed by atoms with Crippen molar-refractivity contribution in [3.63, 3.8) is 0 Å². The Bertz CT molecular complexity index is 713. The van der Waals surface area contributed by atoms with Crippen molar-refractivity contribution in [3.8, 4) is 0 Å². The van der Waals surface area contributed by atoms with Crippen molar-refractivity contribution in [2.75, 3.05) is 13.7 Å². The highest BCUT2D eigenvalue weighted by molar-refractivity contribution is 5.92. The Kier molecular flexibility index (Phi) is 6.69. The number of hydrogen-bond donors (Lipinski definition) is 1. The third kappa shape index (κ3) is 4.76. The Morgan fingerprint density at radius 2 is 2.00 bits per heavy atom. The van der Waals surface area contributed by atoms with Gasteiger partial charge in [-0.2, -0.15) is 5.10 Å². The molecule has 1 unspecified atom stereocenters. The van der Waals surface area contributed by atoms with Crippen LogP contribution in [0.4, 0.5) is 0 Å². The van der Waals surface area contributed by atoms with Gasteiger partial charge in [0.05, 0.1) is 19.2 Å². The van der Waals surface area contributed by atoms with Crippen molar-refractivity contribution in [2.45, 2.75) is 32.4 Å². The SMILES string of the molecule is CCCC(NC(=O)c1ccc(=O)n(CCOC)n1)c1ccccc1. The number of ether oxygens (including phenoxy) is 1. The molecule has 0 saturated carbocycles. The molecule has 0 fully saturated rings. The lowest BCUT2D eigenvalue weighted by molar-refractivity contribution is 0.0925. The number of aromatic nitrogens is 2. The molecule has 128 valence electrons. The summed E-state index contributed by atoms with van der Waals surface area (Å²) in [5.41, 5.74) is 1.03. The Labute approximate surface area is 141 Å². The summed E-state index contributed by atoms with van der Waals surface area (Å²) in [6.45, 7) is 2.75. The molecule has 2 aromatic rings. The van der Waals surface area contributed by atoms with Gasteiger partial charge in [0.25, 0.3) is 11.5 Å². The molecule has 6 nitrogen and oxygen atoms in total. The van der Waals surface area contributed by atoms with E-state index >= 15 is 0 Å². The quantitative estimate of drug-likeness (QED) is 0.805. The summed E-state index contributed by atoms with van der Waals surface area (Å²) in [7, 11) is 1.55. The number of rotatable bonds is 8. The Morgan fingerprint density at radius 1 is 1.25 bits per heavy atom. The standard InChI is InChI=1S/C18H23N3O3/c1-3-7-15(14-8-5-4-6-9-14)19-18(23)16-10-11-17(22)21(20-16)12-13-24-2/h4-6,8-11,15H,3,7,12-13H2,1-2H3,(H,19,23).